The molecule has 5 heteroatoms. The van der Waals surface area contributed by atoms with Gasteiger partial charge in [-0.2, -0.15) is 0 Å². The number of H-pyrrole nitrogens is 1. The van der Waals surface area contributed by atoms with E-state index in [9.17, 15) is 0 Å². The zero-order valence-corrected chi connectivity index (χ0v) is 27.0. The van der Waals surface area contributed by atoms with Crippen LogP contribution in [0, 0.1) is 0 Å². The lowest BCUT2D eigenvalue weighted by molar-refractivity contribution is 1.06. The topological polar surface area (TPSA) is 59.4 Å². The average molecular weight is 640 g/mol. The van der Waals surface area contributed by atoms with Gasteiger partial charge in [-0.05, 0) is 35.4 Å². The number of fused-ring (bicyclic) bond motifs is 7. The molecule has 0 atom stereocenters. The summed E-state index contributed by atoms with van der Waals surface area (Å²) in [6, 6.07) is 59.1. The Morgan fingerprint density at radius 2 is 0.920 bits per heavy atom. The Kier molecular flexibility index (Phi) is 6.42. The van der Waals surface area contributed by atoms with Gasteiger partial charge in [-0.25, -0.2) is 15.0 Å². The van der Waals surface area contributed by atoms with Crippen molar-refractivity contribution in [2.75, 3.05) is 0 Å². The van der Waals surface area contributed by atoms with Crippen molar-refractivity contribution in [3.63, 3.8) is 0 Å². The molecule has 0 spiro atoms. The van der Waals surface area contributed by atoms with E-state index in [2.05, 4.69) is 143 Å². The third-order valence-corrected chi connectivity index (χ3v) is 9.62. The molecule has 0 aliphatic carbocycles. The van der Waals surface area contributed by atoms with Gasteiger partial charge in [0.1, 0.15) is 0 Å². The Morgan fingerprint density at radius 1 is 0.380 bits per heavy atom. The van der Waals surface area contributed by atoms with Crippen LogP contribution in [0.2, 0.25) is 0 Å². The lowest BCUT2D eigenvalue weighted by Gasteiger charge is -2.15. The molecule has 0 aliphatic heterocycles. The summed E-state index contributed by atoms with van der Waals surface area (Å²) >= 11 is 0. The van der Waals surface area contributed by atoms with E-state index in [-0.39, 0.29) is 0 Å². The number of nitrogens with one attached hydrogen (secondary N) is 1. The van der Waals surface area contributed by atoms with E-state index in [4.69, 9.17) is 15.0 Å². The van der Waals surface area contributed by atoms with Crippen LogP contribution in [0.15, 0.2) is 170 Å². The molecular formula is C45H29N5. The van der Waals surface area contributed by atoms with Crippen molar-refractivity contribution in [3.8, 4) is 51.0 Å². The highest BCUT2D eigenvalue weighted by atomic mass is 15.1. The first-order valence-corrected chi connectivity index (χ1v) is 16.8. The van der Waals surface area contributed by atoms with Crippen LogP contribution in [0.1, 0.15) is 0 Å². The van der Waals surface area contributed by atoms with Gasteiger partial charge in [0.15, 0.2) is 17.5 Å². The van der Waals surface area contributed by atoms with Gasteiger partial charge in [0, 0.05) is 43.8 Å². The second-order valence-electron chi connectivity index (χ2n) is 12.5. The molecule has 50 heavy (non-hydrogen) atoms. The molecule has 0 amide bonds. The summed E-state index contributed by atoms with van der Waals surface area (Å²) in [6.45, 7) is 0. The Bertz CT molecular complexity index is 2850. The van der Waals surface area contributed by atoms with Crippen LogP contribution in [0.5, 0.6) is 0 Å². The molecule has 3 aromatic heterocycles. The first-order valence-electron chi connectivity index (χ1n) is 16.8. The largest absolute Gasteiger partial charge is 0.353 e. The van der Waals surface area contributed by atoms with Crippen LogP contribution in [-0.2, 0) is 0 Å². The van der Waals surface area contributed by atoms with Crippen molar-refractivity contribution in [2.45, 2.75) is 0 Å². The Morgan fingerprint density at radius 3 is 1.70 bits per heavy atom. The minimum absolute atomic E-state index is 0.617. The fourth-order valence-corrected chi connectivity index (χ4v) is 7.26. The monoisotopic (exact) mass is 639 g/mol. The maximum Gasteiger partial charge on any atom is 0.166 e. The maximum absolute atomic E-state index is 5.19. The van der Waals surface area contributed by atoms with Gasteiger partial charge in [-0.1, -0.05) is 146 Å². The maximum atomic E-state index is 5.19. The van der Waals surface area contributed by atoms with Crippen molar-refractivity contribution in [3.05, 3.63) is 170 Å². The van der Waals surface area contributed by atoms with Gasteiger partial charge in [0.2, 0.25) is 0 Å². The molecule has 5 nitrogen and oxygen atoms in total. The van der Waals surface area contributed by atoms with Crippen molar-refractivity contribution < 1.29 is 0 Å². The number of rotatable bonds is 5. The summed E-state index contributed by atoms with van der Waals surface area (Å²) in [5.74, 6) is 1.88. The predicted octanol–water partition coefficient (Wildman–Crippen LogP) is 11.3. The first-order chi connectivity index (χ1) is 24.8. The van der Waals surface area contributed by atoms with Crippen LogP contribution in [-0.4, -0.2) is 24.5 Å². The number of nitrogens with zero attached hydrogens (tertiary/aromatic N) is 4. The summed E-state index contributed by atoms with van der Waals surface area (Å²) < 4.78 is 2.37. The van der Waals surface area contributed by atoms with Gasteiger partial charge < -0.3 is 9.55 Å². The summed E-state index contributed by atoms with van der Waals surface area (Å²) in [5.41, 5.74) is 10.6. The van der Waals surface area contributed by atoms with Gasteiger partial charge in [0.05, 0.1) is 22.2 Å². The normalized spacial score (nSPS) is 11.6. The molecule has 1 N–H and O–H groups in total. The van der Waals surface area contributed by atoms with Crippen LogP contribution in [0.25, 0.3) is 94.6 Å². The Hall–Kier alpha value is -6.85. The zero-order chi connectivity index (χ0) is 33.0. The predicted molar refractivity (Wildman–Crippen MR) is 205 cm³/mol. The molecule has 3 heterocycles. The standard InChI is InChI=1S/C45H29N5/c1-3-13-29(14-4-1)30-23-25-32(26-24-30)44-47-43(31-15-5-2-6-16-31)48-45(49-44)37-19-9-12-22-40(37)50-39-21-11-8-18-34(39)36-28-27-35-33-17-7-10-20-38(33)46-41(35)42(36)50/h1-28,46H. The summed E-state index contributed by atoms with van der Waals surface area (Å²) in [7, 11) is 0. The minimum atomic E-state index is 0.617. The highest BCUT2D eigenvalue weighted by Crippen LogP contribution is 2.40. The molecule has 0 aliphatic rings. The average Bonchev–Trinajstić information content (AvgIpc) is 3.75. The van der Waals surface area contributed by atoms with Gasteiger partial charge >= 0.3 is 0 Å². The minimum Gasteiger partial charge on any atom is -0.353 e. The number of aromatic nitrogens is 5. The van der Waals surface area contributed by atoms with E-state index in [1.165, 1.54) is 27.1 Å². The molecule has 234 valence electrons. The Labute approximate surface area is 288 Å². The van der Waals surface area contributed by atoms with Crippen molar-refractivity contribution in [1.82, 2.24) is 24.5 Å². The number of hydrogen-bond donors (Lipinski definition) is 1. The van der Waals surface area contributed by atoms with E-state index in [1.807, 2.05) is 36.4 Å². The molecule has 0 bridgehead atoms. The molecule has 0 radical (unpaired) electrons. The van der Waals surface area contributed by atoms with Crippen LogP contribution < -0.4 is 0 Å². The summed E-state index contributed by atoms with van der Waals surface area (Å²) in [6.07, 6.45) is 0. The molecule has 0 saturated carbocycles. The van der Waals surface area contributed by atoms with Crippen LogP contribution in [0.4, 0.5) is 0 Å². The first kappa shape index (κ1) is 28.2. The van der Waals surface area contributed by atoms with Crippen molar-refractivity contribution in [1.29, 1.82) is 0 Å². The second-order valence-corrected chi connectivity index (χ2v) is 12.5. The lowest BCUT2D eigenvalue weighted by atomic mass is 10.0. The van der Waals surface area contributed by atoms with Crippen molar-refractivity contribution in [2.24, 2.45) is 0 Å². The summed E-state index contributed by atoms with van der Waals surface area (Å²) in [5, 5.41) is 4.79. The third kappa shape index (κ3) is 4.52. The molecule has 0 fully saturated rings. The van der Waals surface area contributed by atoms with E-state index in [0.29, 0.717) is 17.5 Å². The number of aromatic amines is 1. The number of benzene rings is 7. The summed E-state index contributed by atoms with van der Waals surface area (Å²) in [4.78, 5) is 19.1. The quantitative estimate of drug-likeness (QED) is 0.204. The number of para-hydroxylation sites is 3. The molecule has 7 aromatic carbocycles. The van der Waals surface area contributed by atoms with Crippen molar-refractivity contribution >= 4 is 43.6 Å². The van der Waals surface area contributed by atoms with E-state index in [0.717, 1.165) is 50.0 Å². The highest BCUT2D eigenvalue weighted by Gasteiger charge is 2.21. The van der Waals surface area contributed by atoms with E-state index < -0.39 is 0 Å². The lowest BCUT2D eigenvalue weighted by Crippen LogP contribution is -2.03. The van der Waals surface area contributed by atoms with Gasteiger partial charge in [-0.3, -0.25) is 0 Å². The molecule has 10 aromatic rings. The molecule has 0 unspecified atom stereocenters. The fourth-order valence-electron chi connectivity index (χ4n) is 7.26. The molecular weight excluding hydrogens is 611 g/mol. The third-order valence-electron chi connectivity index (χ3n) is 9.62. The fraction of sp³-hybridized carbons (Fsp3) is 0. The Balaban J connectivity index is 1.22. The van der Waals surface area contributed by atoms with Gasteiger partial charge in [0.25, 0.3) is 0 Å². The smallest absolute Gasteiger partial charge is 0.166 e. The second kappa shape index (κ2) is 11.4. The van der Waals surface area contributed by atoms with Crippen LogP contribution >= 0.6 is 0 Å². The zero-order valence-electron chi connectivity index (χ0n) is 27.0. The highest BCUT2D eigenvalue weighted by molar-refractivity contribution is 6.22. The van der Waals surface area contributed by atoms with E-state index >= 15 is 0 Å². The van der Waals surface area contributed by atoms with Gasteiger partial charge in [-0.15, -0.1) is 0 Å². The molecule has 10 rings (SSSR count). The van der Waals surface area contributed by atoms with Crippen LogP contribution in [0.3, 0.4) is 0 Å². The van der Waals surface area contributed by atoms with E-state index in [1.54, 1.807) is 0 Å². The number of hydrogen-bond acceptors (Lipinski definition) is 3. The molecule has 0 saturated heterocycles. The SMILES string of the molecule is c1ccc(-c2ccc(-c3nc(-c4ccccc4)nc(-c4ccccc4-n4c5ccccc5c5ccc6c7ccccc7[nH]c6c54)n3)cc2)cc1.